The molecule has 2 fully saturated rings. The largest absolute Gasteiger partial charge is 0.401 e. The lowest BCUT2D eigenvalue weighted by Gasteiger charge is -2.39. The Bertz CT molecular complexity index is 284. The highest BCUT2D eigenvalue weighted by molar-refractivity contribution is 5.13. The number of alkyl halides is 3. The van der Waals surface area contributed by atoms with Gasteiger partial charge in [0.1, 0.15) is 0 Å². The van der Waals surface area contributed by atoms with E-state index < -0.39 is 12.7 Å². The number of halogens is 3. The molecule has 2 rings (SSSR count). The summed E-state index contributed by atoms with van der Waals surface area (Å²) in [5, 5.41) is 2.72. The molecule has 0 heterocycles. The summed E-state index contributed by atoms with van der Waals surface area (Å²) in [5.41, 5.74) is 0.208. The Morgan fingerprint density at radius 3 is 2.25 bits per heavy atom. The summed E-state index contributed by atoms with van der Waals surface area (Å²) >= 11 is 0. The summed E-state index contributed by atoms with van der Waals surface area (Å²) in [5.74, 6) is 0.586. The maximum Gasteiger partial charge on any atom is 0.401 e. The fraction of sp³-hybridized carbons (Fsp3) is 1.00. The van der Waals surface area contributed by atoms with Gasteiger partial charge in [-0.25, -0.2) is 0 Å². The summed E-state index contributed by atoms with van der Waals surface area (Å²) in [6.45, 7) is 5.71. The topological polar surface area (TPSA) is 12.0 Å². The van der Waals surface area contributed by atoms with Crippen molar-refractivity contribution in [2.75, 3.05) is 6.54 Å². The van der Waals surface area contributed by atoms with Crippen molar-refractivity contribution in [1.82, 2.24) is 5.32 Å². The second-order valence-electron chi connectivity index (χ2n) is 6.16. The van der Waals surface area contributed by atoms with Crippen LogP contribution in [0, 0.1) is 16.7 Å². The zero-order chi connectivity index (χ0) is 12.2. The molecule has 2 aliphatic rings. The van der Waals surface area contributed by atoms with Gasteiger partial charge in [-0.3, -0.25) is 0 Å². The van der Waals surface area contributed by atoms with Crippen molar-refractivity contribution in [3.05, 3.63) is 0 Å². The van der Waals surface area contributed by atoms with E-state index in [1.54, 1.807) is 0 Å². The summed E-state index contributed by atoms with van der Waals surface area (Å²) in [7, 11) is 0. The minimum atomic E-state index is -4.09. The summed E-state index contributed by atoms with van der Waals surface area (Å²) in [4.78, 5) is 0. The molecule has 3 atom stereocenters. The van der Waals surface area contributed by atoms with Crippen LogP contribution in [0.2, 0.25) is 0 Å². The van der Waals surface area contributed by atoms with E-state index >= 15 is 0 Å². The van der Waals surface area contributed by atoms with Crippen LogP contribution in [0.15, 0.2) is 0 Å². The van der Waals surface area contributed by atoms with E-state index in [4.69, 9.17) is 0 Å². The SMILES string of the molecule is CC1(C)C2CCC1(C)C(NCC(F)(F)F)C2. The molecule has 0 aromatic carbocycles. The van der Waals surface area contributed by atoms with Gasteiger partial charge in [-0.2, -0.15) is 13.2 Å². The molecule has 16 heavy (non-hydrogen) atoms. The molecular formula is C12H20F3N. The Kier molecular flexibility index (Phi) is 2.58. The number of rotatable bonds is 2. The minimum absolute atomic E-state index is 0.0304. The van der Waals surface area contributed by atoms with Crippen LogP contribution >= 0.6 is 0 Å². The fourth-order valence-electron chi connectivity index (χ4n) is 3.75. The maximum absolute atomic E-state index is 12.2. The van der Waals surface area contributed by atoms with Crippen LogP contribution in [0.1, 0.15) is 40.0 Å². The normalized spacial score (nSPS) is 41.6. The molecule has 0 saturated heterocycles. The van der Waals surface area contributed by atoms with Crippen molar-refractivity contribution < 1.29 is 13.2 Å². The zero-order valence-corrected chi connectivity index (χ0v) is 10.1. The standard InChI is InChI=1S/C12H20F3N/c1-10(2)8-4-5-11(10,3)9(6-8)16-7-12(13,14)15/h8-9,16H,4-7H2,1-3H3. The molecule has 2 saturated carbocycles. The van der Waals surface area contributed by atoms with Crippen molar-refractivity contribution in [3.63, 3.8) is 0 Å². The second-order valence-corrected chi connectivity index (χ2v) is 6.16. The molecule has 3 unspecified atom stereocenters. The zero-order valence-electron chi connectivity index (χ0n) is 10.1. The number of fused-ring (bicyclic) bond motifs is 2. The third kappa shape index (κ3) is 1.66. The van der Waals surface area contributed by atoms with Gasteiger partial charge in [0.2, 0.25) is 0 Å². The Labute approximate surface area is 94.8 Å². The van der Waals surface area contributed by atoms with Gasteiger partial charge >= 0.3 is 6.18 Å². The molecule has 0 spiro atoms. The minimum Gasteiger partial charge on any atom is -0.305 e. The molecule has 94 valence electrons. The van der Waals surface area contributed by atoms with E-state index in [2.05, 4.69) is 26.1 Å². The molecule has 4 heteroatoms. The molecule has 0 aliphatic heterocycles. The highest BCUT2D eigenvalue weighted by atomic mass is 19.4. The quantitative estimate of drug-likeness (QED) is 0.774. The maximum atomic E-state index is 12.2. The van der Waals surface area contributed by atoms with Gasteiger partial charge in [-0.1, -0.05) is 20.8 Å². The predicted molar refractivity (Wildman–Crippen MR) is 57.1 cm³/mol. The third-order valence-electron chi connectivity index (χ3n) is 5.34. The van der Waals surface area contributed by atoms with Crippen LogP contribution in [0.25, 0.3) is 0 Å². The lowest BCUT2D eigenvalue weighted by Crippen LogP contribution is -2.47. The van der Waals surface area contributed by atoms with E-state index in [9.17, 15) is 13.2 Å². The van der Waals surface area contributed by atoms with Gasteiger partial charge < -0.3 is 5.32 Å². The fourth-order valence-corrected chi connectivity index (χ4v) is 3.75. The number of nitrogens with one attached hydrogen (secondary N) is 1. The lowest BCUT2D eigenvalue weighted by atomic mass is 9.69. The molecule has 1 nitrogen and oxygen atoms in total. The van der Waals surface area contributed by atoms with E-state index in [0.29, 0.717) is 5.92 Å². The van der Waals surface area contributed by atoms with Crippen LogP contribution in [-0.2, 0) is 0 Å². The second kappa shape index (κ2) is 3.37. The van der Waals surface area contributed by atoms with Gasteiger partial charge in [-0.05, 0) is 36.0 Å². The van der Waals surface area contributed by atoms with E-state index in [0.717, 1.165) is 12.8 Å². The van der Waals surface area contributed by atoms with Gasteiger partial charge in [0.15, 0.2) is 0 Å². The first-order chi connectivity index (χ1) is 7.17. The summed E-state index contributed by atoms with van der Waals surface area (Å²) in [6, 6.07) is 0.0304. The first kappa shape index (κ1) is 12.2. The smallest absolute Gasteiger partial charge is 0.305 e. The Balaban J connectivity index is 2.05. The van der Waals surface area contributed by atoms with Gasteiger partial charge in [0.25, 0.3) is 0 Å². The van der Waals surface area contributed by atoms with Crippen LogP contribution in [0.3, 0.4) is 0 Å². The highest BCUT2D eigenvalue weighted by Gasteiger charge is 2.61. The summed E-state index contributed by atoms with van der Waals surface area (Å²) in [6.07, 6.45) is -0.962. The average Bonchev–Trinajstić information content (AvgIpc) is 2.45. The molecule has 2 aliphatic carbocycles. The van der Waals surface area contributed by atoms with E-state index in [1.165, 1.54) is 6.42 Å². The lowest BCUT2D eigenvalue weighted by molar-refractivity contribution is -0.128. The van der Waals surface area contributed by atoms with E-state index in [-0.39, 0.29) is 16.9 Å². The first-order valence-corrected chi connectivity index (χ1v) is 5.97. The predicted octanol–water partition coefficient (Wildman–Crippen LogP) is 3.35. The molecule has 0 aromatic heterocycles. The van der Waals surface area contributed by atoms with Crippen molar-refractivity contribution in [2.24, 2.45) is 16.7 Å². The van der Waals surface area contributed by atoms with Crippen molar-refractivity contribution in [3.8, 4) is 0 Å². The van der Waals surface area contributed by atoms with Crippen molar-refractivity contribution >= 4 is 0 Å². The molecule has 0 radical (unpaired) electrons. The molecular weight excluding hydrogens is 215 g/mol. The number of hydrogen-bond donors (Lipinski definition) is 1. The van der Waals surface area contributed by atoms with Crippen LogP contribution in [0.4, 0.5) is 13.2 Å². The van der Waals surface area contributed by atoms with Crippen LogP contribution in [0.5, 0.6) is 0 Å². The molecule has 2 bridgehead atoms. The van der Waals surface area contributed by atoms with Crippen LogP contribution < -0.4 is 5.32 Å². The van der Waals surface area contributed by atoms with Gasteiger partial charge in [-0.15, -0.1) is 0 Å². The summed E-state index contributed by atoms with van der Waals surface area (Å²) < 4.78 is 36.6. The Morgan fingerprint density at radius 2 is 1.88 bits per heavy atom. The van der Waals surface area contributed by atoms with E-state index in [1.807, 2.05) is 0 Å². The average molecular weight is 235 g/mol. The van der Waals surface area contributed by atoms with Gasteiger partial charge in [0.05, 0.1) is 6.54 Å². The van der Waals surface area contributed by atoms with Crippen LogP contribution in [-0.4, -0.2) is 18.8 Å². The Morgan fingerprint density at radius 1 is 1.25 bits per heavy atom. The van der Waals surface area contributed by atoms with Crippen molar-refractivity contribution in [1.29, 1.82) is 0 Å². The molecule has 0 aromatic rings. The molecule has 1 N–H and O–H groups in total. The molecule has 0 amide bonds. The first-order valence-electron chi connectivity index (χ1n) is 5.97. The Hall–Kier alpha value is -0.250. The van der Waals surface area contributed by atoms with Crippen molar-refractivity contribution in [2.45, 2.75) is 52.3 Å². The highest BCUT2D eigenvalue weighted by Crippen LogP contribution is 2.65. The monoisotopic (exact) mass is 235 g/mol. The third-order valence-corrected chi connectivity index (χ3v) is 5.34. The van der Waals surface area contributed by atoms with Gasteiger partial charge in [0, 0.05) is 6.04 Å². The number of hydrogen-bond acceptors (Lipinski definition) is 1.